The van der Waals surface area contributed by atoms with Gasteiger partial charge in [-0.25, -0.2) is 4.98 Å². The Morgan fingerprint density at radius 3 is 2.76 bits per heavy atom. The number of hydrazine groups is 1. The summed E-state index contributed by atoms with van der Waals surface area (Å²) in [6.45, 7) is 0. The summed E-state index contributed by atoms with van der Waals surface area (Å²) in [5.41, 5.74) is 3.43. The van der Waals surface area contributed by atoms with Gasteiger partial charge in [-0.15, -0.1) is 0 Å². The molecule has 0 aliphatic heterocycles. The van der Waals surface area contributed by atoms with Crippen LogP contribution in [0.25, 0.3) is 0 Å². The summed E-state index contributed by atoms with van der Waals surface area (Å²) < 4.78 is 10.2. The third-order valence-electron chi connectivity index (χ3n) is 2.29. The van der Waals surface area contributed by atoms with E-state index < -0.39 is 0 Å². The number of thioether (sulfide) groups is 1. The first-order valence-electron chi connectivity index (χ1n) is 5.16. The summed E-state index contributed by atoms with van der Waals surface area (Å²) in [6, 6.07) is -0.0733. The Bertz CT molecular complexity index is 351. The number of ether oxygens (including phenoxy) is 2. The molecule has 0 aliphatic rings. The van der Waals surface area contributed by atoms with Gasteiger partial charge in [0.1, 0.15) is 5.69 Å². The van der Waals surface area contributed by atoms with Crippen molar-refractivity contribution in [3.05, 3.63) is 11.9 Å². The summed E-state index contributed by atoms with van der Waals surface area (Å²) in [5.74, 6) is 7.36. The van der Waals surface area contributed by atoms with Crippen LogP contribution in [0.2, 0.25) is 0 Å². The molecule has 0 saturated carbocycles. The monoisotopic (exact) mass is 258 g/mol. The molecule has 1 aromatic rings. The number of aromatic nitrogens is 2. The van der Waals surface area contributed by atoms with Gasteiger partial charge in [-0.2, -0.15) is 16.7 Å². The van der Waals surface area contributed by atoms with Crippen LogP contribution in [-0.2, 0) is 0 Å². The summed E-state index contributed by atoms with van der Waals surface area (Å²) in [7, 11) is 3.09. The van der Waals surface area contributed by atoms with Crippen LogP contribution in [0, 0.1) is 0 Å². The Labute approximate surface area is 105 Å². The lowest BCUT2D eigenvalue weighted by Crippen LogP contribution is -2.29. The van der Waals surface area contributed by atoms with Crippen LogP contribution in [-0.4, -0.2) is 36.2 Å². The van der Waals surface area contributed by atoms with Crippen molar-refractivity contribution in [3.63, 3.8) is 0 Å². The van der Waals surface area contributed by atoms with Gasteiger partial charge in [-0.05, 0) is 18.4 Å². The van der Waals surface area contributed by atoms with Gasteiger partial charge in [-0.3, -0.25) is 11.3 Å². The van der Waals surface area contributed by atoms with Gasteiger partial charge in [0.25, 0.3) is 0 Å². The molecule has 6 nitrogen and oxygen atoms in total. The third-order valence-corrected chi connectivity index (χ3v) is 2.93. The second kappa shape index (κ2) is 7.31. The molecule has 0 saturated heterocycles. The molecular formula is C10H18N4O2S. The zero-order valence-electron chi connectivity index (χ0n) is 10.3. The second-order valence-corrected chi connectivity index (χ2v) is 4.29. The summed E-state index contributed by atoms with van der Waals surface area (Å²) in [5, 5.41) is 0. The first kappa shape index (κ1) is 14.0. The smallest absolute Gasteiger partial charge is 0.240 e. The standard InChI is InChI=1S/C10H18N4O2S/c1-15-8-6-12-9(10(13-8)16-2)7(14-11)4-5-17-3/h6-7,14H,4-5,11H2,1-3H3. The van der Waals surface area contributed by atoms with Crippen LogP contribution >= 0.6 is 11.8 Å². The fraction of sp³-hybridized carbons (Fsp3) is 0.600. The minimum absolute atomic E-state index is 0.0733. The van der Waals surface area contributed by atoms with Crippen molar-refractivity contribution in [2.75, 3.05) is 26.2 Å². The highest BCUT2D eigenvalue weighted by molar-refractivity contribution is 7.98. The Morgan fingerprint density at radius 2 is 2.24 bits per heavy atom. The fourth-order valence-corrected chi connectivity index (χ4v) is 1.86. The minimum atomic E-state index is -0.0733. The highest BCUT2D eigenvalue weighted by atomic mass is 32.2. The normalized spacial score (nSPS) is 12.2. The van der Waals surface area contributed by atoms with E-state index in [1.165, 1.54) is 7.11 Å². The van der Waals surface area contributed by atoms with Crippen molar-refractivity contribution in [2.24, 2.45) is 5.84 Å². The zero-order chi connectivity index (χ0) is 12.7. The van der Waals surface area contributed by atoms with Gasteiger partial charge < -0.3 is 9.47 Å². The summed E-state index contributed by atoms with van der Waals surface area (Å²) >= 11 is 1.75. The first-order chi connectivity index (χ1) is 8.26. The molecule has 0 aliphatic carbocycles. The second-order valence-electron chi connectivity index (χ2n) is 3.31. The molecule has 1 rings (SSSR count). The lowest BCUT2D eigenvalue weighted by Gasteiger charge is -2.17. The molecule has 0 amide bonds. The minimum Gasteiger partial charge on any atom is -0.480 e. The molecule has 1 heterocycles. The topological polar surface area (TPSA) is 82.3 Å². The number of methoxy groups -OCH3 is 2. The quantitative estimate of drug-likeness (QED) is 0.551. The van der Waals surface area contributed by atoms with E-state index in [-0.39, 0.29) is 6.04 Å². The van der Waals surface area contributed by atoms with Crippen molar-refractivity contribution < 1.29 is 9.47 Å². The van der Waals surface area contributed by atoms with Gasteiger partial charge in [0, 0.05) is 0 Å². The maximum absolute atomic E-state index is 5.53. The molecule has 96 valence electrons. The molecule has 3 N–H and O–H groups in total. The highest BCUT2D eigenvalue weighted by Gasteiger charge is 2.18. The van der Waals surface area contributed by atoms with Crippen molar-refractivity contribution >= 4 is 11.8 Å². The van der Waals surface area contributed by atoms with Gasteiger partial charge in [0.05, 0.1) is 26.5 Å². The zero-order valence-corrected chi connectivity index (χ0v) is 11.1. The van der Waals surface area contributed by atoms with Gasteiger partial charge in [0.2, 0.25) is 11.8 Å². The average Bonchev–Trinajstić information content (AvgIpc) is 2.39. The molecule has 1 atom stereocenters. The lowest BCUT2D eigenvalue weighted by atomic mass is 10.1. The lowest BCUT2D eigenvalue weighted by molar-refractivity contribution is 0.348. The van der Waals surface area contributed by atoms with Crippen LogP contribution < -0.4 is 20.7 Å². The van der Waals surface area contributed by atoms with Crippen LogP contribution in [0.3, 0.4) is 0 Å². The third kappa shape index (κ3) is 3.72. The Hall–Kier alpha value is -1.05. The molecule has 17 heavy (non-hydrogen) atoms. The average molecular weight is 258 g/mol. The largest absolute Gasteiger partial charge is 0.480 e. The summed E-state index contributed by atoms with van der Waals surface area (Å²) in [4.78, 5) is 8.46. The van der Waals surface area contributed by atoms with E-state index in [1.807, 2.05) is 6.26 Å². The molecule has 7 heteroatoms. The Morgan fingerprint density at radius 1 is 1.47 bits per heavy atom. The number of hydrogen-bond acceptors (Lipinski definition) is 7. The van der Waals surface area contributed by atoms with E-state index in [1.54, 1.807) is 25.1 Å². The van der Waals surface area contributed by atoms with Crippen LogP contribution in [0.1, 0.15) is 18.2 Å². The fourth-order valence-electron chi connectivity index (χ4n) is 1.39. The SMILES string of the molecule is COc1cnc(C(CCSC)NN)c(OC)n1. The van der Waals surface area contributed by atoms with E-state index in [0.717, 1.165) is 12.2 Å². The number of hydrogen-bond donors (Lipinski definition) is 2. The van der Waals surface area contributed by atoms with Gasteiger partial charge >= 0.3 is 0 Å². The van der Waals surface area contributed by atoms with Crippen molar-refractivity contribution in [3.8, 4) is 11.8 Å². The van der Waals surface area contributed by atoms with Crippen molar-refractivity contribution in [1.29, 1.82) is 0 Å². The Balaban J connectivity index is 2.93. The molecule has 0 aromatic carbocycles. The number of nitrogens with two attached hydrogens (primary N) is 1. The van der Waals surface area contributed by atoms with Gasteiger partial charge in [-0.1, -0.05) is 0 Å². The summed E-state index contributed by atoms with van der Waals surface area (Å²) in [6.07, 6.45) is 4.46. The maximum atomic E-state index is 5.53. The van der Waals surface area contributed by atoms with Gasteiger partial charge in [0.15, 0.2) is 0 Å². The highest BCUT2D eigenvalue weighted by Crippen LogP contribution is 2.25. The molecule has 1 unspecified atom stereocenters. The predicted molar refractivity (Wildman–Crippen MR) is 68.2 cm³/mol. The number of nitrogens with one attached hydrogen (secondary N) is 1. The number of rotatable bonds is 7. The molecular weight excluding hydrogens is 240 g/mol. The molecule has 0 bridgehead atoms. The van der Waals surface area contributed by atoms with Crippen LogP contribution in [0.5, 0.6) is 11.8 Å². The van der Waals surface area contributed by atoms with Crippen LogP contribution in [0.15, 0.2) is 6.20 Å². The predicted octanol–water partition coefficient (Wildman–Crippen LogP) is 0.751. The number of nitrogens with zero attached hydrogens (tertiary/aromatic N) is 2. The van der Waals surface area contributed by atoms with E-state index >= 15 is 0 Å². The van der Waals surface area contributed by atoms with Crippen molar-refractivity contribution in [1.82, 2.24) is 15.4 Å². The van der Waals surface area contributed by atoms with E-state index in [2.05, 4.69) is 15.4 Å². The van der Waals surface area contributed by atoms with E-state index in [4.69, 9.17) is 15.3 Å². The molecule has 0 fully saturated rings. The Kier molecular flexibility index (Phi) is 6.03. The van der Waals surface area contributed by atoms with E-state index in [0.29, 0.717) is 17.5 Å². The van der Waals surface area contributed by atoms with Crippen molar-refractivity contribution in [2.45, 2.75) is 12.5 Å². The first-order valence-corrected chi connectivity index (χ1v) is 6.56. The molecule has 0 spiro atoms. The molecule has 0 radical (unpaired) electrons. The maximum Gasteiger partial charge on any atom is 0.240 e. The molecule has 1 aromatic heterocycles. The van der Waals surface area contributed by atoms with E-state index in [9.17, 15) is 0 Å². The van der Waals surface area contributed by atoms with Crippen LogP contribution in [0.4, 0.5) is 0 Å².